The summed E-state index contributed by atoms with van der Waals surface area (Å²) in [4.78, 5) is 28.2. The fraction of sp³-hybridized carbons (Fsp3) is 0.667. The number of hydrogen-bond donors (Lipinski definition) is 4. The van der Waals surface area contributed by atoms with Gasteiger partial charge in [0, 0.05) is 24.1 Å². The molecule has 0 aromatic carbocycles. The molecule has 2 heterocycles. The molecule has 5 N–H and O–H groups in total. The van der Waals surface area contributed by atoms with E-state index in [1.807, 2.05) is 13.2 Å². The van der Waals surface area contributed by atoms with Gasteiger partial charge < -0.3 is 35.5 Å². The van der Waals surface area contributed by atoms with Crippen molar-refractivity contribution in [2.75, 3.05) is 49.1 Å². The number of aromatic nitrogens is 2. The first kappa shape index (κ1) is 32.0. The smallest absolute Gasteiger partial charge is 0.407 e. The van der Waals surface area contributed by atoms with Gasteiger partial charge in [0.2, 0.25) is 0 Å². The first-order chi connectivity index (χ1) is 17.8. The van der Waals surface area contributed by atoms with E-state index in [4.69, 9.17) is 25.0 Å². The Bertz CT molecular complexity index is 964. The topological polar surface area (TPSA) is 150 Å². The Morgan fingerprint density at radius 2 is 2.19 bits per heavy atom. The van der Waals surface area contributed by atoms with Gasteiger partial charge in [-0.15, -0.1) is 0 Å². The molecule has 0 radical (unpaired) electrons. The Hall–Kier alpha value is -1.19. The number of carbonyl (C=O) groups excluding carboxylic acids is 1. The highest BCUT2D eigenvalue weighted by Crippen LogP contribution is 2.33. The number of carbonyl (C=O) groups is 1. The van der Waals surface area contributed by atoms with Gasteiger partial charge in [-0.25, -0.2) is 9.59 Å². The van der Waals surface area contributed by atoms with Crippen molar-refractivity contribution in [2.45, 2.75) is 45.0 Å². The van der Waals surface area contributed by atoms with Crippen molar-refractivity contribution in [2.24, 2.45) is 0 Å². The number of alkyl carbamates (subject to hydrolysis) is 1. The van der Waals surface area contributed by atoms with Crippen molar-refractivity contribution in [3.8, 4) is 11.8 Å². The molecule has 0 unspecified atom stereocenters. The number of nitrogens with one attached hydrogen (secondary N) is 2. The van der Waals surface area contributed by atoms with Crippen molar-refractivity contribution in [3.05, 3.63) is 22.2 Å². The Morgan fingerprint density at radius 1 is 1.41 bits per heavy atom. The van der Waals surface area contributed by atoms with Gasteiger partial charge in [0.1, 0.15) is 24.6 Å². The van der Waals surface area contributed by atoms with E-state index in [9.17, 15) is 9.59 Å². The minimum absolute atomic E-state index is 0.0173. The van der Waals surface area contributed by atoms with Crippen LogP contribution in [0.2, 0.25) is 6.82 Å². The third-order valence-electron chi connectivity index (χ3n) is 4.97. The maximum Gasteiger partial charge on any atom is 0.407 e. The predicted octanol–water partition coefficient (Wildman–Crippen LogP) is 2.04. The molecular formula is C21H34BN5O6S4. The molecule has 1 aliphatic heterocycles. The average Bonchev–Trinajstić information content (AvgIpc) is 3.27. The van der Waals surface area contributed by atoms with E-state index in [1.165, 1.54) is 10.8 Å². The first-order valence-electron chi connectivity index (χ1n) is 11.7. The summed E-state index contributed by atoms with van der Waals surface area (Å²) in [5.74, 6) is 7.69. The summed E-state index contributed by atoms with van der Waals surface area (Å²) in [6.45, 7) is 4.70. The van der Waals surface area contributed by atoms with Crippen molar-refractivity contribution in [1.82, 2.24) is 20.1 Å². The number of anilines is 1. The molecule has 1 amide bonds. The number of ether oxygens (including phenoxy) is 3. The van der Waals surface area contributed by atoms with Crippen LogP contribution in [0, 0.1) is 11.8 Å². The Kier molecular flexibility index (Phi) is 15.7. The summed E-state index contributed by atoms with van der Waals surface area (Å²) in [5.41, 5.74) is 5.75. The molecule has 1 fully saturated rings. The molecule has 1 aromatic rings. The fourth-order valence-corrected chi connectivity index (χ4v) is 5.79. The minimum atomic E-state index is -0.567. The predicted molar refractivity (Wildman–Crippen MR) is 156 cm³/mol. The molecular weight excluding hydrogens is 557 g/mol. The van der Waals surface area contributed by atoms with Crippen molar-refractivity contribution in [3.63, 3.8) is 0 Å². The van der Waals surface area contributed by atoms with Crippen molar-refractivity contribution < 1.29 is 24.0 Å². The van der Waals surface area contributed by atoms with Crippen LogP contribution < -0.4 is 22.0 Å². The van der Waals surface area contributed by atoms with E-state index in [0.717, 1.165) is 12.2 Å². The van der Waals surface area contributed by atoms with Gasteiger partial charge >= 0.3 is 18.8 Å². The fourth-order valence-electron chi connectivity index (χ4n) is 3.26. The molecule has 2 rings (SSSR count). The normalized spacial score (nSPS) is 18.8. The summed E-state index contributed by atoms with van der Waals surface area (Å²) in [5, 5.41) is 14.6. The van der Waals surface area contributed by atoms with Gasteiger partial charge in [-0.05, 0) is 26.0 Å². The van der Waals surface area contributed by atoms with E-state index in [1.54, 1.807) is 50.0 Å². The van der Waals surface area contributed by atoms with E-state index >= 15 is 0 Å². The van der Waals surface area contributed by atoms with E-state index in [2.05, 4.69) is 27.4 Å². The number of amides is 1. The Labute approximate surface area is 233 Å². The maximum atomic E-state index is 12.5. The molecule has 0 saturated carbocycles. The highest BCUT2D eigenvalue weighted by Gasteiger charge is 2.36. The Balaban J connectivity index is 1.80. The van der Waals surface area contributed by atoms with Gasteiger partial charge in [-0.2, -0.15) is 4.98 Å². The summed E-state index contributed by atoms with van der Waals surface area (Å²) in [6, 6.07) is 0. The van der Waals surface area contributed by atoms with Crippen LogP contribution >= 0.6 is 43.2 Å². The third-order valence-corrected chi connectivity index (χ3v) is 8.81. The van der Waals surface area contributed by atoms with E-state index in [0.29, 0.717) is 30.2 Å². The second kappa shape index (κ2) is 18.2. The van der Waals surface area contributed by atoms with Crippen LogP contribution in [0.3, 0.4) is 0 Å². The van der Waals surface area contributed by atoms with Crippen LogP contribution in [-0.2, 0) is 14.2 Å². The maximum absolute atomic E-state index is 12.5. The first-order valence-corrected chi connectivity index (χ1v) is 16.9. The highest BCUT2D eigenvalue weighted by atomic mass is 33.1. The lowest BCUT2D eigenvalue weighted by molar-refractivity contribution is -0.0322. The number of nitrogen functional groups attached to an aromatic ring is 1. The van der Waals surface area contributed by atoms with Gasteiger partial charge in [0.15, 0.2) is 0 Å². The van der Waals surface area contributed by atoms with Gasteiger partial charge in [0.05, 0.1) is 24.3 Å². The van der Waals surface area contributed by atoms with Crippen molar-refractivity contribution in [1.29, 1.82) is 0 Å². The molecule has 0 spiro atoms. The van der Waals surface area contributed by atoms with Crippen LogP contribution in [0.5, 0.6) is 0 Å². The molecule has 16 heteroatoms. The molecule has 1 aliphatic rings. The molecule has 37 heavy (non-hydrogen) atoms. The van der Waals surface area contributed by atoms with E-state index < -0.39 is 25.1 Å². The lowest BCUT2D eigenvalue weighted by Crippen LogP contribution is -2.32. The van der Waals surface area contributed by atoms with Gasteiger partial charge in [-0.3, -0.25) is 4.57 Å². The van der Waals surface area contributed by atoms with Crippen LogP contribution in [0.1, 0.15) is 31.6 Å². The summed E-state index contributed by atoms with van der Waals surface area (Å²) in [7, 11) is 5.94. The minimum Gasteiger partial charge on any atom is -0.449 e. The number of nitrogens with two attached hydrogens (primary N) is 1. The van der Waals surface area contributed by atoms with Crippen LogP contribution in [0.15, 0.2) is 11.0 Å². The molecule has 11 nitrogen and oxygen atoms in total. The van der Waals surface area contributed by atoms with Gasteiger partial charge in [-0.1, -0.05) is 61.9 Å². The van der Waals surface area contributed by atoms with Crippen LogP contribution in [-0.4, -0.2) is 83.3 Å². The van der Waals surface area contributed by atoms with Gasteiger partial charge in [0.25, 0.3) is 0 Å². The zero-order valence-electron chi connectivity index (χ0n) is 21.1. The molecule has 1 aromatic heterocycles. The second-order valence-corrected chi connectivity index (χ2v) is 12.9. The van der Waals surface area contributed by atoms with Crippen molar-refractivity contribution >= 4 is 62.1 Å². The molecule has 3 atom stereocenters. The zero-order valence-corrected chi connectivity index (χ0v) is 24.4. The average molecular weight is 592 g/mol. The third kappa shape index (κ3) is 12.0. The summed E-state index contributed by atoms with van der Waals surface area (Å²) >= 11 is 0. The molecule has 0 aliphatic carbocycles. The largest absolute Gasteiger partial charge is 0.449 e. The lowest BCUT2D eigenvalue weighted by atomic mass is 9.89. The monoisotopic (exact) mass is 591 g/mol. The molecule has 0 bridgehead atoms. The number of rotatable bonds is 15. The Morgan fingerprint density at radius 3 is 2.92 bits per heavy atom. The highest BCUT2D eigenvalue weighted by molar-refractivity contribution is 8.76. The molecule has 206 valence electrons. The second-order valence-electron chi connectivity index (χ2n) is 7.68. The molecule has 1 saturated heterocycles. The summed E-state index contributed by atoms with van der Waals surface area (Å²) < 4.78 is 18.5. The quantitative estimate of drug-likeness (QED) is 0.0775. The number of nitrogens with zero attached hydrogens (tertiary/aromatic N) is 2. The van der Waals surface area contributed by atoms with E-state index in [-0.39, 0.29) is 31.2 Å². The standard InChI is InChI=1S/C21H34BN5O6S4/c1-4-16-17(32-14-37-34-3)12-18(33-16)27-13-15(19(23)26-20(27)28)6-5-7-24-21(29)31-9-11-36-35-10-8-25-22(2)30/h13,16-18,25,30H,4,7-12,14H2,1-3H3,(H,24,29)(H2,23,26,28)/t16-,17-,18-/m1/s1. The SMILES string of the molecule is CC[C@H]1O[C@@H](n2cc(C#CCNC(=O)OCCSSCCNB(C)O)c(N)nc2=O)C[C@H]1OCSSC. The lowest BCUT2D eigenvalue weighted by Gasteiger charge is -2.16. The summed E-state index contributed by atoms with van der Waals surface area (Å²) in [6.07, 6.45) is 3.49. The van der Waals surface area contributed by atoms with Crippen LogP contribution in [0.4, 0.5) is 10.6 Å². The van der Waals surface area contributed by atoms with Crippen LogP contribution in [0.25, 0.3) is 0 Å². The number of hydrogen-bond acceptors (Lipinski definition) is 13. The zero-order chi connectivity index (χ0) is 27.0.